The van der Waals surface area contributed by atoms with E-state index in [1.165, 1.54) is 19.3 Å². The van der Waals surface area contributed by atoms with Gasteiger partial charge in [-0.1, -0.05) is 13.3 Å². The molecule has 1 saturated carbocycles. The van der Waals surface area contributed by atoms with Crippen LogP contribution in [0.3, 0.4) is 0 Å². The predicted molar refractivity (Wildman–Crippen MR) is 52.9 cm³/mol. The predicted octanol–water partition coefficient (Wildman–Crippen LogP) is 2.18. The maximum atomic E-state index is 3.52. The van der Waals surface area contributed by atoms with E-state index < -0.39 is 0 Å². The van der Waals surface area contributed by atoms with Gasteiger partial charge in [-0.05, 0) is 25.7 Å². The van der Waals surface area contributed by atoms with Crippen molar-refractivity contribution in [2.75, 3.05) is 6.54 Å². The molecule has 2 unspecified atom stereocenters. The van der Waals surface area contributed by atoms with E-state index in [-0.39, 0.29) is 0 Å². The molecule has 0 radical (unpaired) electrons. The van der Waals surface area contributed by atoms with Crippen LogP contribution in [0.5, 0.6) is 0 Å². The van der Waals surface area contributed by atoms with Crippen molar-refractivity contribution in [3.8, 4) is 11.8 Å². The highest BCUT2D eigenvalue weighted by atomic mass is 15.0. The Bertz CT molecular complexity index is 175. The monoisotopic (exact) mass is 165 g/mol. The number of hydrogen-bond donors (Lipinski definition) is 1. The molecule has 0 aliphatic heterocycles. The molecule has 0 saturated heterocycles. The Kier molecular flexibility index (Phi) is 4.18. The average Bonchev–Trinajstić information content (AvgIpc) is 2.79. The Balaban J connectivity index is 1.92. The summed E-state index contributed by atoms with van der Waals surface area (Å²) in [5.41, 5.74) is 0. The van der Waals surface area contributed by atoms with Crippen LogP contribution in [-0.4, -0.2) is 12.6 Å². The second-order valence-electron chi connectivity index (χ2n) is 3.52. The van der Waals surface area contributed by atoms with Crippen molar-refractivity contribution in [2.24, 2.45) is 5.92 Å². The SMILES string of the molecule is CC#CCCNC1CC1CCC. The molecule has 0 heterocycles. The van der Waals surface area contributed by atoms with Crippen molar-refractivity contribution in [1.82, 2.24) is 5.32 Å². The molecule has 12 heavy (non-hydrogen) atoms. The first kappa shape index (κ1) is 9.61. The van der Waals surface area contributed by atoms with Gasteiger partial charge in [-0.15, -0.1) is 11.8 Å². The van der Waals surface area contributed by atoms with Gasteiger partial charge in [0.25, 0.3) is 0 Å². The first-order valence-corrected chi connectivity index (χ1v) is 5.01. The molecule has 0 spiro atoms. The summed E-state index contributed by atoms with van der Waals surface area (Å²) in [5.74, 6) is 6.95. The van der Waals surface area contributed by atoms with E-state index in [1.54, 1.807) is 0 Å². The highest BCUT2D eigenvalue weighted by Gasteiger charge is 2.34. The van der Waals surface area contributed by atoms with Crippen LogP contribution in [0.25, 0.3) is 0 Å². The lowest BCUT2D eigenvalue weighted by Crippen LogP contribution is -2.19. The summed E-state index contributed by atoms with van der Waals surface area (Å²) in [4.78, 5) is 0. The molecule has 1 nitrogen and oxygen atoms in total. The van der Waals surface area contributed by atoms with Gasteiger partial charge in [-0.2, -0.15) is 0 Å². The Morgan fingerprint density at radius 3 is 3.00 bits per heavy atom. The maximum Gasteiger partial charge on any atom is 0.0214 e. The maximum absolute atomic E-state index is 3.52. The normalized spacial score (nSPS) is 26.2. The second-order valence-corrected chi connectivity index (χ2v) is 3.52. The van der Waals surface area contributed by atoms with Gasteiger partial charge < -0.3 is 5.32 Å². The molecule has 1 aliphatic carbocycles. The summed E-state index contributed by atoms with van der Waals surface area (Å²) >= 11 is 0. The van der Waals surface area contributed by atoms with Crippen LogP contribution in [0.15, 0.2) is 0 Å². The zero-order valence-electron chi connectivity index (χ0n) is 8.19. The van der Waals surface area contributed by atoms with Gasteiger partial charge in [0.2, 0.25) is 0 Å². The van der Waals surface area contributed by atoms with Crippen molar-refractivity contribution in [3.63, 3.8) is 0 Å². The summed E-state index contributed by atoms with van der Waals surface area (Å²) < 4.78 is 0. The molecule has 1 fully saturated rings. The molecule has 1 heteroatoms. The summed E-state index contributed by atoms with van der Waals surface area (Å²) in [5, 5.41) is 3.52. The van der Waals surface area contributed by atoms with Gasteiger partial charge in [-0.3, -0.25) is 0 Å². The second kappa shape index (κ2) is 5.22. The van der Waals surface area contributed by atoms with E-state index in [9.17, 15) is 0 Å². The fourth-order valence-electron chi connectivity index (χ4n) is 1.63. The number of rotatable bonds is 5. The molecule has 68 valence electrons. The van der Waals surface area contributed by atoms with Crippen molar-refractivity contribution < 1.29 is 0 Å². The van der Waals surface area contributed by atoms with Gasteiger partial charge in [-0.25, -0.2) is 0 Å². The molecule has 0 aromatic carbocycles. The Morgan fingerprint density at radius 1 is 1.50 bits per heavy atom. The fourth-order valence-corrected chi connectivity index (χ4v) is 1.63. The first-order chi connectivity index (χ1) is 5.88. The third kappa shape index (κ3) is 3.28. The molecule has 2 atom stereocenters. The molecule has 1 aliphatic rings. The molecule has 0 aromatic heterocycles. The van der Waals surface area contributed by atoms with Crippen LogP contribution < -0.4 is 5.32 Å². The molecule has 0 amide bonds. The smallest absolute Gasteiger partial charge is 0.0214 e. The Labute approximate surface area is 75.9 Å². The van der Waals surface area contributed by atoms with Crippen LogP contribution in [0.2, 0.25) is 0 Å². The minimum atomic E-state index is 0.823. The molecule has 1 N–H and O–H groups in total. The zero-order valence-corrected chi connectivity index (χ0v) is 8.19. The fraction of sp³-hybridized carbons (Fsp3) is 0.818. The topological polar surface area (TPSA) is 12.0 Å². The van der Waals surface area contributed by atoms with Gasteiger partial charge >= 0.3 is 0 Å². The Morgan fingerprint density at radius 2 is 2.33 bits per heavy atom. The molecule has 1 rings (SSSR count). The Hall–Kier alpha value is -0.480. The first-order valence-electron chi connectivity index (χ1n) is 5.01. The van der Waals surface area contributed by atoms with E-state index in [0.717, 1.165) is 24.9 Å². The molecule has 0 aromatic rings. The van der Waals surface area contributed by atoms with E-state index in [0.29, 0.717) is 0 Å². The third-order valence-electron chi connectivity index (χ3n) is 2.42. The van der Waals surface area contributed by atoms with Crippen LogP contribution >= 0.6 is 0 Å². The van der Waals surface area contributed by atoms with Crippen molar-refractivity contribution in [1.29, 1.82) is 0 Å². The zero-order chi connectivity index (χ0) is 8.81. The average molecular weight is 165 g/mol. The largest absolute Gasteiger partial charge is 0.313 e. The standard InChI is InChI=1S/C11H19N/c1-3-5-6-8-12-11-9-10(11)7-4-2/h10-12H,4,6-9H2,1-2H3. The summed E-state index contributed by atoms with van der Waals surface area (Å²) in [7, 11) is 0. The van der Waals surface area contributed by atoms with Gasteiger partial charge in [0.05, 0.1) is 0 Å². The lowest BCUT2D eigenvalue weighted by molar-refractivity contribution is 0.605. The third-order valence-corrected chi connectivity index (χ3v) is 2.42. The van der Waals surface area contributed by atoms with E-state index in [2.05, 4.69) is 24.1 Å². The minimum Gasteiger partial charge on any atom is -0.313 e. The van der Waals surface area contributed by atoms with Crippen LogP contribution in [0.4, 0.5) is 0 Å². The summed E-state index contributed by atoms with van der Waals surface area (Å²) in [6.45, 7) is 5.24. The molecule has 0 bridgehead atoms. The highest BCUT2D eigenvalue weighted by Crippen LogP contribution is 2.34. The van der Waals surface area contributed by atoms with Crippen molar-refractivity contribution in [2.45, 2.75) is 45.6 Å². The summed E-state index contributed by atoms with van der Waals surface area (Å²) in [6.07, 6.45) is 5.13. The van der Waals surface area contributed by atoms with Crippen LogP contribution in [0.1, 0.15) is 39.5 Å². The number of nitrogens with one attached hydrogen (secondary N) is 1. The lowest BCUT2D eigenvalue weighted by atomic mass is 10.2. The molecular formula is C11H19N. The summed E-state index contributed by atoms with van der Waals surface area (Å²) in [6, 6.07) is 0.823. The van der Waals surface area contributed by atoms with Gasteiger partial charge in [0.1, 0.15) is 0 Å². The lowest BCUT2D eigenvalue weighted by Gasteiger charge is -1.99. The van der Waals surface area contributed by atoms with E-state index >= 15 is 0 Å². The minimum absolute atomic E-state index is 0.823. The van der Waals surface area contributed by atoms with Gasteiger partial charge in [0.15, 0.2) is 0 Å². The van der Waals surface area contributed by atoms with E-state index in [4.69, 9.17) is 0 Å². The van der Waals surface area contributed by atoms with Crippen molar-refractivity contribution >= 4 is 0 Å². The van der Waals surface area contributed by atoms with Gasteiger partial charge in [0, 0.05) is 19.0 Å². The van der Waals surface area contributed by atoms with Crippen LogP contribution in [-0.2, 0) is 0 Å². The highest BCUT2D eigenvalue weighted by molar-refractivity contribution is 4.97. The van der Waals surface area contributed by atoms with Crippen molar-refractivity contribution in [3.05, 3.63) is 0 Å². The number of hydrogen-bond acceptors (Lipinski definition) is 1. The van der Waals surface area contributed by atoms with E-state index in [1.807, 2.05) is 6.92 Å². The quantitative estimate of drug-likeness (QED) is 0.486. The van der Waals surface area contributed by atoms with Crippen LogP contribution in [0, 0.1) is 17.8 Å². The molecular weight excluding hydrogens is 146 g/mol.